The van der Waals surface area contributed by atoms with Gasteiger partial charge in [0.05, 0.1) is 0 Å². The number of rotatable bonds is 15. The predicted octanol–water partition coefficient (Wildman–Crippen LogP) is 0.0379. The SMILES string of the molecule is CN1CCN(CCCn2nnnc2SCC2(C(=O)O)CS[C@@H]3C(NC(=O)C(=NOC4C=CCC4)c4csc(NC=O)n4)C(=O)N3C2)CC1. The van der Waals surface area contributed by atoms with Crippen LogP contribution in [-0.2, 0) is 30.6 Å². The molecule has 3 aliphatic heterocycles. The number of likely N-dealkylation sites (N-methyl/N-ethyl adjacent to an activating group) is 1. The normalized spacial score (nSPS) is 26.2. The van der Waals surface area contributed by atoms with E-state index in [4.69, 9.17) is 4.84 Å². The first-order valence-corrected chi connectivity index (χ1v) is 18.5. The van der Waals surface area contributed by atoms with Gasteiger partial charge in [0.25, 0.3) is 5.91 Å². The molecule has 3 amide bonds. The molecule has 0 spiro atoms. The van der Waals surface area contributed by atoms with Gasteiger partial charge in [0.1, 0.15) is 28.6 Å². The molecular formula is C28H37N11O6S3. The van der Waals surface area contributed by atoms with Gasteiger partial charge < -0.3 is 35.3 Å². The highest BCUT2D eigenvalue weighted by Gasteiger charge is 2.57. The molecule has 0 aromatic carbocycles. The fourth-order valence-corrected chi connectivity index (χ4v) is 9.21. The molecule has 6 rings (SSSR count). The number of hydrogen-bond donors (Lipinski definition) is 3. The number of piperazine rings is 1. The fraction of sp³-hybridized carbons (Fsp3) is 0.607. The zero-order chi connectivity index (χ0) is 33.7. The number of tetrazole rings is 1. The van der Waals surface area contributed by atoms with Crippen molar-refractivity contribution < 1.29 is 29.1 Å². The molecular weight excluding hydrogens is 683 g/mol. The summed E-state index contributed by atoms with van der Waals surface area (Å²) in [6.07, 6.45) is 6.44. The minimum Gasteiger partial charge on any atom is -0.481 e. The van der Waals surface area contributed by atoms with Crippen LogP contribution >= 0.6 is 34.9 Å². The van der Waals surface area contributed by atoms with Crippen molar-refractivity contribution in [1.29, 1.82) is 0 Å². The minimum absolute atomic E-state index is 0.00589. The molecule has 3 N–H and O–H groups in total. The largest absolute Gasteiger partial charge is 0.481 e. The number of carbonyl (C=O) groups is 4. The summed E-state index contributed by atoms with van der Waals surface area (Å²) < 4.78 is 1.71. The number of oxime groups is 1. The van der Waals surface area contributed by atoms with E-state index < -0.39 is 28.7 Å². The topological polar surface area (TPSA) is 200 Å². The Morgan fingerprint density at radius 1 is 1.27 bits per heavy atom. The number of aryl methyl sites for hydroxylation is 1. The average molecular weight is 720 g/mol. The van der Waals surface area contributed by atoms with Gasteiger partial charge >= 0.3 is 5.97 Å². The van der Waals surface area contributed by atoms with Crippen molar-refractivity contribution in [3.8, 4) is 0 Å². The smallest absolute Gasteiger partial charge is 0.313 e. The van der Waals surface area contributed by atoms with E-state index in [-0.39, 0.29) is 46.6 Å². The minimum atomic E-state index is -1.23. The number of thiazole rings is 1. The summed E-state index contributed by atoms with van der Waals surface area (Å²) in [6, 6.07) is -0.877. The van der Waals surface area contributed by atoms with Crippen LogP contribution in [0.5, 0.6) is 0 Å². The van der Waals surface area contributed by atoms with E-state index in [0.717, 1.165) is 63.3 Å². The Hall–Kier alpha value is -3.59. The molecule has 4 atom stereocenters. The molecule has 20 heteroatoms. The van der Waals surface area contributed by atoms with Gasteiger partial charge in [0.15, 0.2) is 10.8 Å². The summed E-state index contributed by atoms with van der Waals surface area (Å²) in [5.41, 5.74) is -1.17. The molecule has 0 radical (unpaired) electrons. The summed E-state index contributed by atoms with van der Waals surface area (Å²) in [5, 5.41) is 33.6. The number of nitrogens with zero attached hydrogens (tertiary/aromatic N) is 9. The maximum absolute atomic E-state index is 13.4. The first kappa shape index (κ1) is 34.3. The molecule has 4 aliphatic rings. The molecule has 1 aliphatic carbocycles. The number of nitrogens with one attached hydrogen (secondary N) is 2. The van der Waals surface area contributed by atoms with Crippen LogP contribution in [0.3, 0.4) is 0 Å². The van der Waals surface area contributed by atoms with E-state index in [1.165, 1.54) is 28.4 Å². The summed E-state index contributed by atoms with van der Waals surface area (Å²) >= 11 is 3.70. The lowest BCUT2D eigenvalue weighted by Gasteiger charge is -2.53. The second-order valence-corrected chi connectivity index (χ2v) is 15.0. The summed E-state index contributed by atoms with van der Waals surface area (Å²) in [7, 11) is 2.12. The van der Waals surface area contributed by atoms with Gasteiger partial charge in [-0.15, -0.1) is 28.2 Å². The number of anilines is 1. The molecule has 2 aromatic rings. The maximum Gasteiger partial charge on any atom is 0.313 e. The lowest BCUT2D eigenvalue weighted by molar-refractivity contribution is -0.157. The number of aliphatic carboxylic acids is 1. The monoisotopic (exact) mass is 719 g/mol. The van der Waals surface area contributed by atoms with Crippen molar-refractivity contribution in [2.75, 3.05) is 63.1 Å². The van der Waals surface area contributed by atoms with E-state index in [0.29, 0.717) is 18.1 Å². The van der Waals surface area contributed by atoms with Gasteiger partial charge in [-0.2, -0.15) is 0 Å². The Morgan fingerprint density at radius 2 is 2.10 bits per heavy atom. The van der Waals surface area contributed by atoms with Crippen molar-refractivity contribution in [3.05, 3.63) is 23.2 Å². The van der Waals surface area contributed by atoms with Gasteiger partial charge in [-0.3, -0.25) is 19.2 Å². The van der Waals surface area contributed by atoms with E-state index in [1.54, 1.807) is 10.1 Å². The number of carboxylic acid groups (broad SMARTS) is 1. The summed E-state index contributed by atoms with van der Waals surface area (Å²) in [6.45, 7) is 5.70. The lowest BCUT2D eigenvalue weighted by atomic mass is 9.89. The van der Waals surface area contributed by atoms with Gasteiger partial charge in [0.2, 0.25) is 17.5 Å². The Morgan fingerprint density at radius 3 is 2.85 bits per heavy atom. The van der Waals surface area contributed by atoms with Crippen LogP contribution in [0.2, 0.25) is 0 Å². The average Bonchev–Trinajstić information content (AvgIpc) is 3.87. The molecule has 48 heavy (non-hydrogen) atoms. The number of carbonyl (C=O) groups excluding carboxylic acids is 3. The van der Waals surface area contributed by atoms with Gasteiger partial charge in [-0.05, 0) is 42.8 Å². The highest BCUT2D eigenvalue weighted by atomic mass is 32.2. The molecule has 17 nitrogen and oxygen atoms in total. The third-order valence-corrected chi connectivity index (χ3v) is 12.3. The number of aromatic nitrogens is 5. The number of fused-ring (bicyclic) bond motifs is 1. The fourth-order valence-electron chi connectivity index (χ4n) is 5.79. The van der Waals surface area contributed by atoms with Crippen molar-refractivity contribution >= 4 is 69.9 Å². The van der Waals surface area contributed by atoms with Gasteiger partial charge in [0, 0.05) is 62.7 Å². The van der Waals surface area contributed by atoms with Crippen LogP contribution in [0.4, 0.5) is 5.13 Å². The molecule has 0 bridgehead atoms. The van der Waals surface area contributed by atoms with Crippen molar-refractivity contribution in [2.45, 2.75) is 48.5 Å². The standard InChI is InChI=1S/C28H37N11O6S3/c1-36-9-11-37(12-10-36)7-4-8-39-27(32-34-35-39)48-16-28(25(43)44)14-38-23(42)21(24(38)47-15-28)31-22(41)20(33-45-18-5-2-3-6-18)19-13-46-26(30-19)29-17-40/h2,5,13,17-18,21,24H,3-4,6-12,14-16H2,1H3,(H,31,41)(H,43,44)(H,29,30,40)/t18?,21?,24-,28?/m1/s1. The Kier molecular flexibility index (Phi) is 10.9. The van der Waals surface area contributed by atoms with Crippen LogP contribution in [-0.4, -0.2) is 150 Å². The lowest BCUT2D eigenvalue weighted by Crippen LogP contribution is -2.74. The molecule has 3 saturated heterocycles. The molecule has 3 fully saturated rings. The molecule has 5 heterocycles. The molecule has 2 aromatic heterocycles. The third kappa shape index (κ3) is 7.66. The van der Waals surface area contributed by atoms with Crippen molar-refractivity contribution in [1.82, 2.24) is 45.2 Å². The number of hydrogen-bond acceptors (Lipinski definition) is 15. The summed E-state index contributed by atoms with van der Waals surface area (Å²) in [5.74, 6) is -1.65. The van der Waals surface area contributed by atoms with Crippen LogP contribution in [0, 0.1) is 5.41 Å². The number of β-lactam (4-membered cyclic amide) rings is 1. The number of allylic oxidation sites excluding steroid dienone is 1. The quantitative estimate of drug-likeness (QED) is 0.0556. The van der Waals surface area contributed by atoms with Crippen molar-refractivity contribution in [2.24, 2.45) is 10.6 Å². The third-order valence-electron chi connectivity index (χ3n) is 8.69. The molecule has 258 valence electrons. The van der Waals surface area contributed by atoms with E-state index in [1.807, 2.05) is 12.2 Å². The highest BCUT2D eigenvalue weighted by Crippen LogP contribution is 2.44. The summed E-state index contributed by atoms with van der Waals surface area (Å²) in [4.78, 5) is 66.3. The molecule has 3 unspecified atom stereocenters. The number of thioether (sulfide) groups is 2. The first-order chi connectivity index (χ1) is 23.3. The second kappa shape index (κ2) is 15.3. The Labute approximate surface area is 288 Å². The Balaban J connectivity index is 1.05. The number of carboxylic acids is 1. The Bertz CT molecular complexity index is 1560. The van der Waals surface area contributed by atoms with Crippen LogP contribution in [0.1, 0.15) is 25.0 Å². The van der Waals surface area contributed by atoms with Gasteiger partial charge in [-0.1, -0.05) is 23.0 Å². The predicted molar refractivity (Wildman–Crippen MR) is 179 cm³/mol. The molecule has 0 saturated carbocycles. The number of amides is 3. The van der Waals surface area contributed by atoms with Crippen molar-refractivity contribution in [3.63, 3.8) is 0 Å². The van der Waals surface area contributed by atoms with Crippen LogP contribution in [0.15, 0.2) is 27.8 Å². The zero-order valence-corrected chi connectivity index (χ0v) is 28.7. The van der Waals surface area contributed by atoms with E-state index >= 15 is 0 Å². The van der Waals surface area contributed by atoms with Gasteiger partial charge in [-0.25, -0.2) is 9.67 Å². The van der Waals surface area contributed by atoms with E-state index in [9.17, 15) is 24.3 Å². The first-order valence-electron chi connectivity index (χ1n) is 15.6. The zero-order valence-electron chi connectivity index (χ0n) is 26.3. The van der Waals surface area contributed by atoms with E-state index in [2.05, 4.69) is 53.1 Å². The highest BCUT2D eigenvalue weighted by molar-refractivity contribution is 8.00. The maximum atomic E-state index is 13.4. The second-order valence-electron chi connectivity index (χ2n) is 12.1. The van der Waals surface area contributed by atoms with Crippen LogP contribution < -0.4 is 10.6 Å². The van der Waals surface area contributed by atoms with Crippen LogP contribution in [0.25, 0.3) is 0 Å².